The van der Waals surface area contributed by atoms with Gasteiger partial charge in [-0.25, -0.2) is 24.0 Å². The molecule has 5 saturated heterocycles. The van der Waals surface area contributed by atoms with Gasteiger partial charge >= 0.3 is 35.8 Å². The second-order valence-electron chi connectivity index (χ2n) is 19.2. The zero-order valence-electron chi connectivity index (χ0n) is 38.8. The van der Waals surface area contributed by atoms with Crippen LogP contribution in [0.3, 0.4) is 0 Å². The van der Waals surface area contributed by atoms with Crippen LogP contribution < -0.4 is 4.74 Å². The van der Waals surface area contributed by atoms with Crippen molar-refractivity contribution < 1.29 is 158 Å². The number of phenolic OH excluding ortho intramolecular Hbond substituents is 11. The number of aromatic hydroxyl groups is 11. The van der Waals surface area contributed by atoms with Crippen molar-refractivity contribution in [3.05, 3.63) is 58.1 Å². The third-order valence-electron chi connectivity index (χ3n) is 15.2. The molecule has 13 rings (SSSR count). The fourth-order valence-electron chi connectivity index (χ4n) is 11.7. The highest BCUT2D eigenvalue weighted by Gasteiger charge is 2.97. The Balaban J connectivity index is 1.13. The van der Waals surface area contributed by atoms with Gasteiger partial charge in [-0.05, 0) is 30.3 Å². The molecule has 4 aromatic rings. The van der Waals surface area contributed by atoms with Crippen LogP contribution in [0, 0.1) is 5.41 Å². The van der Waals surface area contributed by atoms with E-state index in [1.807, 2.05) is 0 Å². The second kappa shape index (κ2) is 15.9. The maximum Gasteiger partial charge on any atom is 0.346 e. The standard InChI is InChI=1S/C47H34O32/c48-13-1-9(2-14(49)24(13)55)36(61)73-32-30-19-8-70-37(62)10-3-15(50)25(56)28(59)21(10)22-11(4-16(51)26(57)29(22)60)39(64)77-40(72-19)33(32)74-38(63)12-5-17(52)27(58)31-23(12)34-43(41(65)75-30)6-20(54)45(67,46(34,68)78-31)79-44(43)42(66)76-35-18(53)7-71-47(35,44)69/h1-5,18-19,30,32-35,40,48-53,55-60,67-69H,6-8H2/t18-,19-,30-,32+,33+,34+,35+,40-,43+,44-,45-,46-,47-/m1/s1. The van der Waals surface area contributed by atoms with Gasteiger partial charge in [-0.3, -0.25) is 9.59 Å². The molecule has 15 N–H and O–H groups in total. The van der Waals surface area contributed by atoms with E-state index in [1.165, 1.54) is 0 Å². The van der Waals surface area contributed by atoms with Crippen molar-refractivity contribution in [3.63, 3.8) is 0 Å². The summed E-state index contributed by atoms with van der Waals surface area (Å²) in [6, 6.07) is 2.07. The van der Waals surface area contributed by atoms with Crippen LogP contribution in [0.1, 0.15) is 59.3 Å². The van der Waals surface area contributed by atoms with E-state index in [4.69, 9.17) is 47.4 Å². The first-order valence-corrected chi connectivity index (χ1v) is 22.8. The van der Waals surface area contributed by atoms with Gasteiger partial charge in [0.2, 0.25) is 41.0 Å². The largest absolute Gasteiger partial charge is 0.504 e. The Hall–Kier alpha value is -9.31. The number of hydrogen-bond donors (Lipinski definition) is 15. The average Bonchev–Trinajstić information content (AvgIpc) is 1.67. The predicted molar refractivity (Wildman–Crippen MR) is 232 cm³/mol. The fraction of sp³-hybridized carbons (Fsp3) is 0.340. The summed E-state index contributed by atoms with van der Waals surface area (Å²) < 4.78 is 57.0. The van der Waals surface area contributed by atoms with Crippen LogP contribution in [-0.4, -0.2) is 197 Å². The van der Waals surface area contributed by atoms with Crippen molar-refractivity contribution in [3.8, 4) is 80.1 Å². The molecule has 79 heavy (non-hydrogen) atoms. The summed E-state index contributed by atoms with van der Waals surface area (Å²) in [7, 11) is 0. The van der Waals surface area contributed by atoms with E-state index in [2.05, 4.69) is 0 Å². The molecule has 1 aliphatic carbocycles. The molecule has 13 atom stereocenters. The van der Waals surface area contributed by atoms with Gasteiger partial charge in [0, 0.05) is 23.1 Å². The number of esters is 6. The van der Waals surface area contributed by atoms with Crippen LogP contribution in [0.25, 0.3) is 11.1 Å². The minimum atomic E-state index is -4.05. The Morgan fingerprint density at radius 1 is 0.595 bits per heavy atom. The number of carbonyl (C=O) groups is 7. The van der Waals surface area contributed by atoms with Crippen molar-refractivity contribution in [2.24, 2.45) is 5.41 Å². The third kappa shape index (κ3) is 6.05. The fourth-order valence-corrected chi connectivity index (χ4v) is 11.7. The van der Waals surface area contributed by atoms with Gasteiger partial charge in [0.15, 0.2) is 75.8 Å². The smallest absolute Gasteiger partial charge is 0.346 e. The lowest BCUT2D eigenvalue weighted by atomic mass is 9.47. The van der Waals surface area contributed by atoms with Crippen LogP contribution in [0.15, 0.2) is 30.3 Å². The number of ether oxygens (including phenoxy) is 10. The van der Waals surface area contributed by atoms with E-state index in [-0.39, 0.29) is 0 Å². The van der Waals surface area contributed by atoms with Crippen LogP contribution in [0.2, 0.25) is 0 Å². The number of phenols is 11. The SMILES string of the molecule is O=C(O[C@@H]1[C@@H]2OC(=O)c3cc(O)c(O)c4c3[C@@H]3[C@@](O)(O4)[C@]4(O)O[C@]5(C(=O)O[C@H]6[C@H](O)CO[C@]65O)[C@]3(CC4=O)C(=O)O[C@@H]1[C@H]1COC(=O)c3cc(O)c(O)c(O)c3-c3c(cc(O)c(O)c3O)C(=O)O[C@H]2O1)c1cc(O)c(O)c(O)c1. The van der Waals surface area contributed by atoms with Crippen LogP contribution in [0.4, 0.5) is 0 Å². The van der Waals surface area contributed by atoms with Crippen LogP contribution in [-0.2, 0) is 57.0 Å². The van der Waals surface area contributed by atoms with Crippen LogP contribution in [0.5, 0.6) is 69.0 Å². The maximum atomic E-state index is 16.2. The first kappa shape index (κ1) is 50.5. The van der Waals surface area contributed by atoms with E-state index in [9.17, 15) is 101 Å². The first-order chi connectivity index (χ1) is 37.1. The Labute approximate surface area is 433 Å². The molecular formula is C47H34O32. The van der Waals surface area contributed by atoms with E-state index < -0.39 is 246 Å². The van der Waals surface area contributed by atoms with Gasteiger partial charge in [-0.15, -0.1) is 0 Å². The Morgan fingerprint density at radius 3 is 1.80 bits per heavy atom. The van der Waals surface area contributed by atoms with Gasteiger partial charge < -0.3 is 124 Å². The predicted octanol–water partition coefficient (Wildman–Crippen LogP) is -2.87. The number of benzene rings is 4. The average molecular weight is 1110 g/mol. The van der Waals surface area contributed by atoms with E-state index in [0.717, 1.165) is 0 Å². The molecule has 2 spiro atoms. The number of fused-ring (bicyclic) bond motifs is 11. The van der Waals surface area contributed by atoms with Crippen LogP contribution >= 0.6 is 0 Å². The summed E-state index contributed by atoms with van der Waals surface area (Å²) in [5, 5.41) is 167. The lowest BCUT2D eigenvalue weighted by Crippen LogP contribution is -2.88. The molecule has 0 unspecified atom stereocenters. The molecule has 0 amide bonds. The van der Waals surface area contributed by atoms with Gasteiger partial charge in [0.25, 0.3) is 11.6 Å². The third-order valence-corrected chi connectivity index (χ3v) is 15.2. The summed E-state index contributed by atoms with van der Waals surface area (Å²) in [6.45, 7) is -2.44. The minimum absolute atomic E-state index is 0.346. The highest BCUT2D eigenvalue weighted by Crippen LogP contribution is 2.76. The molecule has 414 valence electrons. The molecule has 32 heteroatoms. The second-order valence-corrected chi connectivity index (χ2v) is 19.2. The monoisotopic (exact) mass is 1110 g/mol. The number of Topliss-reactive ketones (excluding diaryl/α,β-unsaturated/α-hetero) is 1. The zero-order valence-corrected chi connectivity index (χ0v) is 38.8. The molecule has 6 bridgehead atoms. The number of hydrogen-bond acceptors (Lipinski definition) is 32. The molecule has 32 nitrogen and oxygen atoms in total. The molecule has 8 heterocycles. The molecule has 9 aliphatic rings. The molecule has 8 aliphatic heterocycles. The van der Waals surface area contributed by atoms with Gasteiger partial charge in [0.1, 0.15) is 24.2 Å². The Morgan fingerprint density at radius 2 is 1.16 bits per heavy atom. The molecule has 0 aromatic heterocycles. The molecule has 0 radical (unpaired) electrons. The number of ketones is 1. The summed E-state index contributed by atoms with van der Waals surface area (Å²) in [5.74, 6) is -43.9. The van der Waals surface area contributed by atoms with Crippen molar-refractivity contribution in [2.75, 3.05) is 13.2 Å². The van der Waals surface area contributed by atoms with Crippen molar-refractivity contribution in [1.82, 2.24) is 0 Å². The van der Waals surface area contributed by atoms with Crippen molar-refractivity contribution in [2.45, 2.75) is 78.2 Å². The van der Waals surface area contributed by atoms with Crippen molar-refractivity contribution >= 4 is 41.6 Å². The highest BCUT2D eigenvalue weighted by atomic mass is 16.8. The van der Waals surface area contributed by atoms with Gasteiger partial charge in [-0.2, -0.15) is 0 Å². The summed E-state index contributed by atoms with van der Waals surface area (Å²) in [5.41, 5.74) is -15.4. The van der Waals surface area contributed by atoms with Crippen molar-refractivity contribution in [1.29, 1.82) is 0 Å². The summed E-state index contributed by atoms with van der Waals surface area (Å²) in [4.78, 5) is 104. The highest BCUT2D eigenvalue weighted by molar-refractivity contribution is 6.09. The minimum Gasteiger partial charge on any atom is -0.504 e. The van der Waals surface area contributed by atoms with Gasteiger partial charge in [-0.1, -0.05) is 0 Å². The number of rotatable bonds is 2. The zero-order chi connectivity index (χ0) is 56.9. The molecular weight excluding hydrogens is 1080 g/mol. The number of carbonyl (C=O) groups excluding carboxylic acids is 7. The van der Waals surface area contributed by atoms with Gasteiger partial charge in [0.05, 0.1) is 34.8 Å². The normalized spacial score (nSPS) is 34.6. The Bertz CT molecular complexity index is 3530. The summed E-state index contributed by atoms with van der Waals surface area (Å²) in [6.07, 6.45) is -19.5. The molecule has 6 fully saturated rings. The van der Waals surface area contributed by atoms with E-state index in [1.54, 1.807) is 0 Å². The summed E-state index contributed by atoms with van der Waals surface area (Å²) >= 11 is 0. The maximum absolute atomic E-state index is 16.2. The Kier molecular flexibility index (Phi) is 10.2. The molecule has 1 saturated carbocycles. The first-order valence-electron chi connectivity index (χ1n) is 22.8. The lowest BCUT2D eigenvalue weighted by Gasteiger charge is -2.64. The van der Waals surface area contributed by atoms with E-state index >= 15 is 9.59 Å². The number of aliphatic hydroxyl groups is 4. The number of cyclic esters (lactones) is 1. The van der Waals surface area contributed by atoms with E-state index in [0.29, 0.717) is 30.3 Å². The quantitative estimate of drug-likeness (QED) is 0.0545. The topological polar surface area (TPSA) is 515 Å². The molecule has 4 aromatic carbocycles. The lowest BCUT2D eigenvalue weighted by molar-refractivity contribution is -0.459. The number of aliphatic hydroxyl groups excluding tert-OH is 1.